The van der Waals surface area contributed by atoms with Gasteiger partial charge < -0.3 is 50.4 Å². The molecule has 4 aromatic heterocycles. The van der Waals surface area contributed by atoms with Gasteiger partial charge in [0.15, 0.2) is 12.4 Å². The highest BCUT2D eigenvalue weighted by Gasteiger charge is 2.25. The van der Waals surface area contributed by atoms with Gasteiger partial charge in [-0.05, 0) is 60.7 Å². The van der Waals surface area contributed by atoms with Gasteiger partial charge in [0.05, 0.1) is 45.3 Å². The van der Waals surface area contributed by atoms with Gasteiger partial charge in [0.2, 0.25) is 11.4 Å². The van der Waals surface area contributed by atoms with E-state index in [1.807, 2.05) is 85.2 Å². The molecule has 8 N–H and O–H groups in total. The molecule has 6 rings (SSSR count). The molecule has 0 aliphatic heterocycles. The number of carbonyl (C=O) groups is 8. The number of aromatic amines is 2. The number of carboxylic acids is 8. The first kappa shape index (κ1) is 45.2. The van der Waals surface area contributed by atoms with Gasteiger partial charge in [-0.3, -0.25) is 0 Å². The van der Waals surface area contributed by atoms with E-state index in [1.165, 1.54) is 0 Å². The van der Waals surface area contributed by atoms with E-state index in [2.05, 4.69) is 19.9 Å². The second-order valence-electron chi connectivity index (χ2n) is 11.3. The third-order valence-corrected chi connectivity index (χ3v) is 7.44. The quantitative estimate of drug-likeness (QED) is 0.114. The first-order valence-electron chi connectivity index (χ1n) is 16.4. The first-order valence-corrected chi connectivity index (χ1v) is 16.4. The minimum Gasteiger partial charge on any atom is -0.545 e. The topological polar surface area (TPSA) is 358 Å². The molecule has 20 nitrogen and oxygen atoms in total. The highest BCUT2D eigenvalue weighted by molar-refractivity contribution is 6.09. The fourth-order valence-corrected chi connectivity index (χ4v) is 4.75. The van der Waals surface area contributed by atoms with Gasteiger partial charge in [-0.25, -0.2) is 48.7 Å². The number of nitrogens with zero attached hydrogens (tertiary/aromatic N) is 2. The molecule has 0 amide bonds. The minimum absolute atomic E-state index is 0.386. The molecule has 0 aliphatic carbocycles. The maximum absolute atomic E-state index is 10.8. The molecular weight excluding hydrogens is 792 g/mol. The number of hydrogen-bond acceptors (Lipinski definition) is 12. The van der Waals surface area contributed by atoms with Crippen molar-refractivity contribution in [1.82, 2.24) is 9.97 Å². The molecular formula is C40H28N4O16. The smallest absolute Gasteiger partial charge is 0.336 e. The molecule has 0 aliphatic rings. The average Bonchev–Trinajstić information content (AvgIpc) is 3.24. The Morgan fingerprint density at radius 1 is 0.383 bits per heavy atom. The van der Waals surface area contributed by atoms with E-state index in [1.54, 1.807) is 12.4 Å². The van der Waals surface area contributed by atoms with Crippen molar-refractivity contribution in [1.29, 1.82) is 0 Å². The number of benzene rings is 2. The summed E-state index contributed by atoms with van der Waals surface area (Å²) in [6, 6.07) is 25.4. The molecule has 0 fully saturated rings. The Morgan fingerprint density at radius 2 is 0.650 bits per heavy atom. The van der Waals surface area contributed by atoms with Crippen molar-refractivity contribution in [3.63, 3.8) is 0 Å². The van der Waals surface area contributed by atoms with Gasteiger partial charge in [0.1, 0.15) is 11.4 Å². The Hall–Kier alpha value is -9.20. The molecule has 0 radical (unpaired) electrons. The number of hydrogen-bond donors (Lipinski definition) is 6. The van der Waals surface area contributed by atoms with Crippen LogP contribution in [0, 0.1) is 0 Å². The number of carboxylic acid groups (broad SMARTS) is 8. The summed E-state index contributed by atoms with van der Waals surface area (Å²) in [6.45, 7) is 0. The largest absolute Gasteiger partial charge is 0.545 e. The van der Waals surface area contributed by atoms with Gasteiger partial charge in [-0.1, -0.05) is 12.1 Å². The molecule has 0 unspecified atom stereocenters. The van der Waals surface area contributed by atoms with E-state index >= 15 is 0 Å². The van der Waals surface area contributed by atoms with Crippen LogP contribution < -0.4 is 20.2 Å². The van der Waals surface area contributed by atoms with Crippen LogP contribution in [-0.4, -0.2) is 88.4 Å². The molecule has 304 valence electrons. The molecule has 0 bridgehead atoms. The Kier molecular flexibility index (Phi) is 16.0. The maximum atomic E-state index is 10.8. The van der Waals surface area contributed by atoms with Gasteiger partial charge >= 0.3 is 35.8 Å². The van der Waals surface area contributed by atoms with Crippen molar-refractivity contribution < 1.29 is 89.2 Å². The van der Waals surface area contributed by atoms with Gasteiger partial charge in [0, 0.05) is 47.8 Å². The number of carbonyl (C=O) groups excluding carboxylic acids is 2. The van der Waals surface area contributed by atoms with Crippen LogP contribution in [0.3, 0.4) is 0 Å². The molecule has 0 atom stereocenters. The molecule has 0 saturated heterocycles. The van der Waals surface area contributed by atoms with Crippen LogP contribution in [0.1, 0.15) is 82.9 Å². The summed E-state index contributed by atoms with van der Waals surface area (Å²) in [5.74, 6) is -14.0. The zero-order chi connectivity index (χ0) is 44.5. The molecule has 2 aromatic carbocycles. The van der Waals surface area contributed by atoms with Gasteiger partial charge in [-0.2, -0.15) is 0 Å². The lowest BCUT2D eigenvalue weighted by atomic mass is 9.98. The van der Waals surface area contributed by atoms with E-state index in [4.69, 9.17) is 30.6 Å². The summed E-state index contributed by atoms with van der Waals surface area (Å²) < 4.78 is 0. The van der Waals surface area contributed by atoms with E-state index in [0.717, 1.165) is 22.8 Å². The van der Waals surface area contributed by atoms with Crippen LogP contribution in [0.2, 0.25) is 0 Å². The van der Waals surface area contributed by atoms with Crippen molar-refractivity contribution in [2.45, 2.75) is 0 Å². The van der Waals surface area contributed by atoms with Crippen molar-refractivity contribution in [3.8, 4) is 22.8 Å². The summed E-state index contributed by atoms with van der Waals surface area (Å²) in [7, 11) is 0. The lowest BCUT2D eigenvalue weighted by Crippen LogP contribution is -2.29. The van der Waals surface area contributed by atoms with Crippen LogP contribution >= 0.6 is 0 Å². The molecule has 20 heteroatoms. The third kappa shape index (κ3) is 12.4. The fraction of sp³-hybridized carbons (Fsp3) is 0. The predicted octanol–water partition coefficient (Wildman–Crippen LogP) is 1.41. The second kappa shape index (κ2) is 21.2. The van der Waals surface area contributed by atoms with E-state index in [9.17, 15) is 48.6 Å². The molecule has 0 saturated carbocycles. The molecule has 0 spiro atoms. The second-order valence-corrected chi connectivity index (χ2v) is 11.3. The predicted molar refractivity (Wildman–Crippen MR) is 196 cm³/mol. The Labute approximate surface area is 335 Å². The monoisotopic (exact) mass is 820 g/mol. The SMILES string of the molecule is O=C(O)c1cc(C(=O)O)c(C(=O)O)cc1C(=O)O.O=C([O-])c1cc(C(=O)[O-])c(C(=O)O)cc1C(=O)O.c1ccc(-c2cccc[nH+]2)nc1.c1ccc(-c2cccc[nH+]2)nc1. The highest BCUT2D eigenvalue weighted by Crippen LogP contribution is 2.19. The number of pyridine rings is 4. The van der Waals surface area contributed by atoms with Crippen molar-refractivity contribution in [3.05, 3.63) is 166 Å². The van der Waals surface area contributed by atoms with Crippen molar-refractivity contribution in [2.24, 2.45) is 0 Å². The first-order chi connectivity index (χ1) is 28.4. The number of rotatable bonds is 10. The summed E-state index contributed by atoms with van der Waals surface area (Å²) in [5.41, 5.74) is -2.76. The maximum Gasteiger partial charge on any atom is 0.336 e. The summed E-state index contributed by atoms with van der Waals surface area (Å²) in [4.78, 5) is 101. The van der Waals surface area contributed by atoms with Gasteiger partial charge in [-0.15, -0.1) is 0 Å². The number of nitrogens with one attached hydrogen (secondary N) is 2. The highest BCUT2D eigenvalue weighted by atomic mass is 16.4. The fourth-order valence-electron chi connectivity index (χ4n) is 4.75. The van der Waals surface area contributed by atoms with E-state index in [-0.39, 0.29) is 0 Å². The Morgan fingerprint density at radius 3 is 0.867 bits per heavy atom. The zero-order valence-corrected chi connectivity index (χ0v) is 30.2. The Bertz CT molecular complexity index is 2100. The Balaban J connectivity index is 0.000000217. The number of aromatic nitrogens is 4. The molecule has 6 aromatic rings. The lowest BCUT2D eigenvalue weighted by molar-refractivity contribution is -0.365. The average molecular weight is 821 g/mol. The number of H-pyrrole nitrogens is 2. The van der Waals surface area contributed by atoms with Crippen LogP contribution in [0.25, 0.3) is 22.8 Å². The van der Waals surface area contributed by atoms with Crippen molar-refractivity contribution in [2.75, 3.05) is 0 Å². The third-order valence-electron chi connectivity index (χ3n) is 7.44. The lowest BCUT2D eigenvalue weighted by Gasteiger charge is -2.13. The summed E-state index contributed by atoms with van der Waals surface area (Å²) in [6.07, 6.45) is 7.36. The summed E-state index contributed by atoms with van der Waals surface area (Å²) in [5, 5.41) is 73.7. The number of aromatic carboxylic acids is 8. The standard InChI is InChI=1S/2C10H8N2.2C10H6O8/c2*1-3-7-11-9(5-1)10-6-2-4-8-12-10;2*11-7(12)3-1-4(8(13)14)6(10(17)18)2-5(3)9(15)16/h2*1-8H;2*1-2H,(H,11,12)(H,13,14)(H,15,16)(H,17,18). The van der Waals surface area contributed by atoms with Crippen LogP contribution in [-0.2, 0) is 0 Å². The summed E-state index contributed by atoms with van der Waals surface area (Å²) >= 11 is 0. The zero-order valence-electron chi connectivity index (χ0n) is 30.2. The van der Waals surface area contributed by atoms with Crippen LogP contribution in [0.4, 0.5) is 0 Å². The van der Waals surface area contributed by atoms with E-state index in [0.29, 0.717) is 24.3 Å². The van der Waals surface area contributed by atoms with Crippen molar-refractivity contribution >= 4 is 47.8 Å². The normalized spacial score (nSPS) is 9.73. The molecule has 60 heavy (non-hydrogen) atoms. The van der Waals surface area contributed by atoms with Crippen LogP contribution in [0.5, 0.6) is 0 Å². The van der Waals surface area contributed by atoms with Crippen LogP contribution in [0.15, 0.2) is 122 Å². The van der Waals surface area contributed by atoms with E-state index < -0.39 is 92.3 Å². The molecule has 4 heterocycles. The van der Waals surface area contributed by atoms with Gasteiger partial charge in [0.25, 0.3) is 0 Å². The minimum atomic E-state index is -1.94.